The predicted molar refractivity (Wildman–Crippen MR) is 123 cm³/mol. The Kier molecular flexibility index (Phi) is 7.53. The highest BCUT2D eigenvalue weighted by molar-refractivity contribution is 6.04. The summed E-state index contributed by atoms with van der Waals surface area (Å²) >= 11 is 0. The first kappa shape index (κ1) is 24.0. The third-order valence-corrected chi connectivity index (χ3v) is 6.30. The molecule has 33 heavy (non-hydrogen) atoms. The van der Waals surface area contributed by atoms with Gasteiger partial charge in [-0.3, -0.25) is 19.7 Å². The molecule has 0 amide bonds. The fourth-order valence-electron chi connectivity index (χ4n) is 4.77. The minimum atomic E-state index is -1.74. The Balaban J connectivity index is 2.02. The average molecular weight is 450 g/mol. The molecule has 0 spiro atoms. The molecular formula is C26H27NO6. The molecule has 7 heteroatoms. The topological polar surface area (TPSA) is 104 Å². The number of nitrogens with zero attached hydrogens (tertiary/aromatic N) is 1. The summed E-state index contributed by atoms with van der Waals surface area (Å²) < 4.78 is 5.54. The van der Waals surface area contributed by atoms with E-state index in [-0.39, 0.29) is 25.2 Å². The van der Waals surface area contributed by atoms with Crippen LogP contribution in [0.3, 0.4) is 0 Å². The molecule has 0 unspecified atom stereocenters. The highest BCUT2D eigenvalue weighted by Crippen LogP contribution is 2.51. The number of rotatable bonds is 9. The fourth-order valence-corrected chi connectivity index (χ4v) is 4.77. The number of hydrogen-bond acceptors (Lipinski definition) is 6. The van der Waals surface area contributed by atoms with Crippen LogP contribution in [-0.2, 0) is 25.7 Å². The highest BCUT2D eigenvalue weighted by atomic mass is 16.6. The van der Waals surface area contributed by atoms with Gasteiger partial charge in [0.1, 0.15) is 23.6 Å². The lowest BCUT2D eigenvalue weighted by Crippen LogP contribution is -2.45. The van der Waals surface area contributed by atoms with Crippen LogP contribution in [0.1, 0.15) is 37.8 Å². The van der Waals surface area contributed by atoms with Gasteiger partial charge in [0, 0.05) is 17.3 Å². The van der Waals surface area contributed by atoms with E-state index >= 15 is 0 Å². The van der Waals surface area contributed by atoms with E-state index in [9.17, 15) is 24.5 Å². The fraction of sp³-hybridized carbons (Fsp3) is 0.346. The van der Waals surface area contributed by atoms with Crippen LogP contribution in [0.15, 0.2) is 66.7 Å². The monoisotopic (exact) mass is 449 g/mol. The first-order chi connectivity index (χ1) is 15.8. The molecule has 0 aromatic heterocycles. The summed E-state index contributed by atoms with van der Waals surface area (Å²) in [4.78, 5) is 49.9. The zero-order valence-corrected chi connectivity index (χ0v) is 18.7. The standard InChI is InChI=1S/C26H27NO6/c1-18(28)15-22-16-26(19(2)29,25(30)33-17-21-11-7-4-8-12-21)23(24(22)27(31)32)14-13-20-9-5-3-6-10-20/h3-14,22-24H,15-17H2,1-2H3/b14-13+/t22-,23+,24-,26+/m1/s1. The van der Waals surface area contributed by atoms with Crippen molar-refractivity contribution in [3.63, 3.8) is 0 Å². The van der Waals surface area contributed by atoms with Crippen molar-refractivity contribution in [3.05, 3.63) is 88.0 Å². The molecule has 0 aliphatic heterocycles. The molecule has 3 rings (SSSR count). The Morgan fingerprint density at radius 2 is 1.67 bits per heavy atom. The van der Waals surface area contributed by atoms with Crippen molar-refractivity contribution in [2.24, 2.45) is 17.3 Å². The number of ether oxygens (including phenoxy) is 1. The molecule has 172 valence electrons. The number of nitro groups is 1. The van der Waals surface area contributed by atoms with Crippen LogP contribution >= 0.6 is 0 Å². The van der Waals surface area contributed by atoms with Crippen LogP contribution in [0.25, 0.3) is 6.08 Å². The Labute approximate surface area is 192 Å². The van der Waals surface area contributed by atoms with Gasteiger partial charge >= 0.3 is 5.97 Å². The minimum absolute atomic E-state index is 0.0513. The zero-order valence-electron chi connectivity index (χ0n) is 18.7. The van der Waals surface area contributed by atoms with Gasteiger partial charge in [0.05, 0.1) is 5.92 Å². The summed E-state index contributed by atoms with van der Waals surface area (Å²) in [5, 5.41) is 12.1. The number of Topliss-reactive ketones (excluding diaryl/α,β-unsaturated/α-hetero) is 2. The molecule has 0 N–H and O–H groups in total. The number of hydrogen-bond donors (Lipinski definition) is 0. The molecule has 0 saturated heterocycles. The number of esters is 1. The second-order valence-corrected chi connectivity index (χ2v) is 8.53. The van der Waals surface area contributed by atoms with Gasteiger partial charge in [0.15, 0.2) is 0 Å². The van der Waals surface area contributed by atoms with Gasteiger partial charge in [0.2, 0.25) is 6.04 Å². The summed E-state index contributed by atoms with van der Waals surface area (Å²) in [5.74, 6) is -3.32. The first-order valence-electron chi connectivity index (χ1n) is 10.8. The van der Waals surface area contributed by atoms with Crippen molar-refractivity contribution in [2.75, 3.05) is 0 Å². The third-order valence-electron chi connectivity index (χ3n) is 6.30. The van der Waals surface area contributed by atoms with Crippen molar-refractivity contribution in [1.82, 2.24) is 0 Å². The second kappa shape index (κ2) is 10.3. The first-order valence-corrected chi connectivity index (χ1v) is 10.8. The summed E-state index contributed by atoms with van der Waals surface area (Å²) in [6, 6.07) is 16.9. The van der Waals surface area contributed by atoms with Gasteiger partial charge in [-0.1, -0.05) is 72.8 Å². The van der Waals surface area contributed by atoms with Crippen molar-refractivity contribution in [3.8, 4) is 0 Å². The number of ketones is 2. The summed E-state index contributed by atoms with van der Waals surface area (Å²) in [5.41, 5.74) is -0.215. The molecule has 2 aromatic rings. The molecule has 7 nitrogen and oxygen atoms in total. The van der Waals surface area contributed by atoms with Gasteiger partial charge in [0.25, 0.3) is 0 Å². The van der Waals surface area contributed by atoms with E-state index < -0.39 is 40.0 Å². The van der Waals surface area contributed by atoms with Gasteiger partial charge in [-0.15, -0.1) is 0 Å². The molecule has 1 aliphatic rings. The maximum absolute atomic E-state index is 13.4. The summed E-state index contributed by atoms with van der Waals surface area (Å²) in [6.45, 7) is 2.57. The molecule has 1 aliphatic carbocycles. The summed E-state index contributed by atoms with van der Waals surface area (Å²) in [6.07, 6.45) is 3.06. The van der Waals surface area contributed by atoms with Crippen LogP contribution in [0, 0.1) is 27.4 Å². The van der Waals surface area contributed by atoms with Crippen molar-refractivity contribution < 1.29 is 24.0 Å². The number of carbonyl (C=O) groups is 3. The molecule has 0 bridgehead atoms. The predicted octanol–water partition coefficient (Wildman–Crippen LogP) is 4.28. The van der Waals surface area contributed by atoms with Gasteiger partial charge < -0.3 is 9.53 Å². The van der Waals surface area contributed by atoms with E-state index in [0.29, 0.717) is 0 Å². The number of carbonyl (C=O) groups excluding carboxylic acids is 3. The van der Waals surface area contributed by atoms with E-state index in [0.717, 1.165) is 11.1 Å². The lowest BCUT2D eigenvalue weighted by molar-refractivity contribution is -0.535. The zero-order chi connectivity index (χ0) is 24.0. The quantitative estimate of drug-likeness (QED) is 0.245. The lowest BCUT2D eigenvalue weighted by Gasteiger charge is -2.29. The van der Waals surface area contributed by atoms with Crippen LogP contribution < -0.4 is 0 Å². The average Bonchev–Trinajstić information content (AvgIpc) is 3.12. The van der Waals surface area contributed by atoms with Crippen LogP contribution in [0.4, 0.5) is 0 Å². The van der Waals surface area contributed by atoms with E-state index in [4.69, 9.17) is 4.74 Å². The Morgan fingerprint density at radius 1 is 1.06 bits per heavy atom. The Hall–Kier alpha value is -3.61. The molecule has 4 atom stereocenters. The molecule has 1 saturated carbocycles. The van der Waals surface area contributed by atoms with Crippen LogP contribution in [-0.4, -0.2) is 28.5 Å². The normalized spacial score (nSPS) is 24.5. The largest absolute Gasteiger partial charge is 0.460 e. The minimum Gasteiger partial charge on any atom is -0.460 e. The van der Waals surface area contributed by atoms with Crippen molar-refractivity contribution >= 4 is 23.6 Å². The van der Waals surface area contributed by atoms with E-state index in [1.165, 1.54) is 13.8 Å². The second-order valence-electron chi connectivity index (χ2n) is 8.53. The summed E-state index contributed by atoms with van der Waals surface area (Å²) in [7, 11) is 0. The maximum Gasteiger partial charge on any atom is 0.320 e. The highest BCUT2D eigenvalue weighted by Gasteiger charge is 2.65. The van der Waals surface area contributed by atoms with Crippen molar-refractivity contribution in [2.45, 2.75) is 39.3 Å². The van der Waals surface area contributed by atoms with Gasteiger partial charge in [-0.05, 0) is 31.4 Å². The van der Waals surface area contributed by atoms with Gasteiger partial charge in [-0.2, -0.15) is 0 Å². The van der Waals surface area contributed by atoms with E-state index in [1.54, 1.807) is 36.4 Å². The number of benzene rings is 2. The Morgan fingerprint density at radius 3 is 2.21 bits per heavy atom. The molecule has 0 heterocycles. The third kappa shape index (κ3) is 5.25. The Bertz CT molecular complexity index is 1050. The molecule has 0 radical (unpaired) electrons. The molecule has 2 aromatic carbocycles. The SMILES string of the molecule is CC(=O)C[C@@H]1C[C@@](C(C)=O)(C(=O)OCc2ccccc2)[C@@H](/C=C/c2ccccc2)[C@@H]1[N+](=O)[O-]. The van der Waals surface area contributed by atoms with E-state index in [1.807, 2.05) is 36.4 Å². The van der Waals surface area contributed by atoms with Crippen molar-refractivity contribution in [1.29, 1.82) is 0 Å². The smallest absolute Gasteiger partial charge is 0.320 e. The van der Waals surface area contributed by atoms with Crippen LogP contribution in [0.2, 0.25) is 0 Å². The molecular weight excluding hydrogens is 422 g/mol. The van der Waals surface area contributed by atoms with Crippen LogP contribution in [0.5, 0.6) is 0 Å². The van der Waals surface area contributed by atoms with Gasteiger partial charge in [-0.25, -0.2) is 0 Å². The van der Waals surface area contributed by atoms with E-state index in [2.05, 4.69) is 0 Å². The maximum atomic E-state index is 13.4. The molecule has 1 fully saturated rings. The lowest BCUT2D eigenvalue weighted by atomic mass is 9.73.